The van der Waals surface area contributed by atoms with Crippen molar-refractivity contribution in [2.75, 3.05) is 19.6 Å². The summed E-state index contributed by atoms with van der Waals surface area (Å²) in [4.78, 5) is 1.76. The number of hydrogen-bond donors (Lipinski definition) is 3. The topological polar surface area (TPSA) is 52.2 Å². The van der Waals surface area contributed by atoms with Gasteiger partial charge in [-0.15, -0.1) is 0 Å². The molecule has 0 aromatic heterocycles. The third-order valence-electron chi connectivity index (χ3n) is 5.17. The second-order valence-corrected chi connectivity index (χ2v) is 6.34. The van der Waals surface area contributed by atoms with Crippen molar-refractivity contribution >= 4 is 0 Å². The maximum Gasteiger partial charge on any atom is 0.117 e. The van der Waals surface area contributed by atoms with Gasteiger partial charge in [0.15, 0.2) is 0 Å². The molecule has 0 amide bonds. The number of quaternary nitrogens is 2. The van der Waals surface area contributed by atoms with Crippen LogP contribution in [0, 0.1) is 17.0 Å². The van der Waals surface area contributed by atoms with Crippen LogP contribution in [0.15, 0.2) is 0 Å². The molecule has 0 aromatic carbocycles. The van der Waals surface area contributed by atoms with Gasteiger partial charge < -0.3 is 10.1 Å². The molecule has 2 rings (SSSR count). The third kappa shape index (κ3) is 3.92. The van der Waals surface area contributed by atoms with Crippen molar-refractivity contribution in [3.8, 4) is 0 Å². The van der Waals surface area contributed by atoms with Crippen molar-refractivity contribution < 1.29 is 15.3 Å². The van der Waals surface area contributed by atoms with E-state index in [0.717, 1.165) is 37.5 Å². The average Bonchev–Trinajstić information content (AvgIpc) is 2.40. The fourth-order valence-corrected chi connectivity index (χ4v) is 3.79. The molecular weight excluding hydrogens is 228 g/mol. The van der Waals surface area contributed by atoms with Crippen molar-refractivity contribution in [1.29, 1.82) is 0 Å². The van der Waals surface area contributed by atoms with Crippen molar-refractivity contribution in [1.82, 2.24) is 0 Å². The van der Waals surface area contributed by atoms with Crippen molar-refractivity contribution in [3.63, 3.8) is 0 Å². The van der Waals surface area contributed by atoms with E-state index in [1.807, 2.05) is 0 Å². The molecule has 0 radical (unpaired) electrons. The van der Waals surface area contributed by atoms with Gasteiger partial charge in [-0.2, -0.15) is 0 Å². The molecule has 1 heterocycles. The highest BCUT2D eigenvalue weighted by Gasteiger charge is 2.29. The molecule has 1 saturated heterocycles. The predicted octanol–water partition coefficient (Wildman–Crippen LogP) is 0.0220. The monoisotopic (exact) mass is 257 g/mol. The number of hydroxylamine groups is 2. The minimum atomic E-state index is -0.576. The molecule has 2 fully saturated rings. The summed E-state index contributed by atoms with van der Waals surface area (Å²) in [6.07, 6.45) is 8.28. The van der Waals surface area contributed by atoms with Gasteiger partial charge in [0.1, 0.15) is 6.04 Å². The van der Waals surface area contributed by atoms with Crippen molar-refractivity contribution in [2.24, 2.45) is 11.8 Å². The largest absolute Gasteiger partial charge is 0.600 e. The molecule has 1 aliphatic carbocycles. The van der Waals surface area contributed by atoms with Gasteiger partial charge in [-0.25, -0.2) is 10.4 Å². The zero-order valence-electron chi connectivity index (χ0n) is 11.7. The second kappa shape index (κ2) is 6.85. The molecule has 106 valence electrons. The van der Waals surface area contributed by atoms with Gasteiger partial charge >= 0.3 is 0 Å². The van der Waals surface area contributed by atoms with Gasteiger partial charge in [0.05, 0.1) is 19.6 Å². The Balaban J connectivity index is 1.66. The number of hydrogen-bond acceptors (Lipinski definition) is 2. The zero-order chi connectivity index (χ0) is 13.0. The van der Waals surface area contributed by atoms with Crippen LogP contribution in [0.3, 0.4) is 0 Å². The van der Waals surface area contributed by atoms with Crippen LogP contribution in [-0.2, 0) is 0 Å². The van der Waals surface area contributed by atoms with E-state index in [4.69, 9.17) is 5.21 Å². The van der Waals surface area contributed by atoms with Crippen LogP contribution in [0.5, 0.6) is 0 Å². The van der Waals surface area contributed by atoms with Gasteiger partial charge in [0, 0.05) is 12.8 Å². The fraction of sp³-hybridized carbons (Fsp3) is 1.00. The van der Waals surface area contributed by atoms with E-state index in [9.17, 15) is 5.21 Å². The molecule has 1 atom stereocenters. The van der Waals surface area contributed by atoms with E-state index < -0.39 is 5.23 Å². The maximum absolute atomic E-state index is 10.9. The Kier molecular flexibility index (Phi) is 5.42. The standard InChI is InChI=1S/C14H28N2O2/c1-2-15-9-7-13(8-10-15)11-12-3-5-14(6-4-12)16(17)18/h12-14,16-17H,2-11H2,1H3/p+1. The SMILES string of the molecule is CC[NH+]1CCC(CC2CCC([NH+]([O-])O)CC2)CC1. The van der Waals surface area contributed by atoms with Crippen LogP contribution >= 0.6 is 0 Å². The lowest BCUT2D eigenvalue weighted by atomic mass is 9.78. The highest BCUT2D eigenvalue weighted by Crippen LogP contribution is 2.31. The summed E-state index contributed by atoms with van der Waals surface area (Å²) >= 11 is 0. The summed E-state index contributed by atoms with van der Waals surface area (Å²) in [5, 5.41) is 19.3. The van der Waals surface area contributed by atoms with Crippen LogP contribution in [0.4, 0.5) is 0 Å². The molecule has 4 nitrogen and oxygen atoms in total. The average molecular weight is 257 g/mol. The molecule has 0 aromatic rings. The molecule has 3 N–H and O–H groups in total. The second-order valence-electron chi connectivity index (χ2n) is 6.34. The first-order chi connectivity index (χ1) is 8.69. The first-order valence-corrected chi connectivity index (χ1v) is 7.75. The van der Waals surface area contributed by atoms with E-state index in [1.165, 1.54) is 38.9 Å². The molecule has 1 saturated carbocycles. The number of piperidine rings is 1. The summed E-state index contributed by atoms with van der Waals surface area (Å²) in [6.45, 7) is 6.26. The number of likely N-dealkylation sites (tertiary alicyclic amines) is 1. The lowest BCUT2D eigenvalue weighted by molar-refractivity contribution is -1.07. The molecule has 18 heavy (non-hydrogen) atoms. The molecule has 4 heteroatoms. The Labute approximate surface area is 110 Å². The smallest absolute Gasteiger partial charge is 0.117 e. The summed E-state index contributed by atoms with van der Waals surface area (Å²) < 4.78 is 0. The van der Waals surface area contributed by atoms with Gasteiger partial charge in [-0.05, 0) is 50.9 Å². The summed E-state index contributed by atoms with van der Waals surface area (Å²) in [7, 11) is 0. The zero-order valence-corrected chi connectivity index (χ0v) is 11.7. The lowest BCUT2D eigenvalue weighted by Gasteiger charge is -2.35. The van der Waals surface area contributed by atoms with E-state index in [1.54, 1.807) is 4.90 Å². The van der Waals surface area contributed by atoms with Crippen molar-refractivity contribution in [2.45, 2.75) is 57.9 Å². The van der Waals surface area contributed by atoms with Crippen LogP contribution in [0.1, 0.15) is 51.9 Å². The Morgan fingerprint density at radius 2 is 1.61 bits per heavy atom. The fourth-order valence-electron chi connectivity index (χ4n) is 3.79. The number of rotatable bonds is 4. The minimum Gasteiger partial charge on any atom is -0.600 e. The maximum atomic E-state index is 10.9. The highest BCUT2D eigenvalue weighted by molar-refractivity contribution is 4.75. The first-order valence-electron chi connectivity index (χ1n) is 7.75. The summed E-state index contributed by atoms with van der Waals surface area (Å²) in [5.41, 5.74) is 0. The normalized spacial score (nSPS) is 39.5. The van der Waals surface area contributed by atoms with E-state index >= 15 is 0 Å². The van der Waals surface area contributed by atoms with Crippen LogP contribution < -0.4 is 10.1 Å². The Bertz CT molecular complexity index is 232. The summed E-state index contributed by atoms with van der Waals surface area (Å²) in [6, 6.07) is -0.0485. The Morgan fingerprint density at radius 1 is 1.06 bits per heavy atom. The van der Waals surface area contributed by atoms with E-state index in [2.05, 4.69) is 6.92 Å². The van der Waals surface area contributed by atoms with Gasteiger partial charge in [0.25, 0.3) is 0 Å². The first kappa shape index (κ1) is 14.3. The Morgan fingerprint density at radius 3 is 2.11 bits per heavy atom. The quantitative estimate of drug-likeness (QED) is 0.622. The molecule has 1 aliphatic heterocycles. The molecule has 1 unspecified atom stereocenters. The van der Waals surface area contributed by atoms with Crippen LogP contribution in [0.25, 0.3) is 0 Å². The molecule has 2 aliphatic rings. The van der Waals surface area contributed by atoms with Crippen molar-refractivity contribution in [3.05, 3.63) is 5.21 Å². The highest BCUT2D eigenvalue weighted by atomic mass is 16.8. The van der Waals surface area contributed by atoms with E-state index in [-0.39, 0.29) is 6.04 Å². The Hall–Kier alpha value is -0.160. The summed E-state index contributed by atoms with van der Waals surface area (Å²) in [5.74, 6) is 1.74. The van der Waals surface area contributed by atoms with Gasteiger partial charge in [0.2, 0.25) is 0 Å². The molecular formula is C14H29N2O2+. The van der Waals surface area contributed by atoms with Crippen LogP contribution in [-0.4, -0.2) is 30.9 Å². The molecule has 0 spiro atoms. The predicted molar refractivity (Wildman–Crippen MR) is 70.4 cm³/mol. The van der Waals surface area contributed by atoms with E-state index in [0.29, 0.717) is 0 Å². The lowest BCUT2D eigenvalue weighted by Crippen LogP contribution is -3.12. The van der Waals surface area contributed by atoms with Gasteiger partial charge in [-0.3, -0.25) is 0 Å². The molecule has 0 bridgehead atoms. The third-order valence-corrected chi connectivity index (χ3v) is 5.17. The number of nitrogens with one attached hydrogen (secondary N) is 2. The van der Waals surface area contributed by atoms with Crippen LogP contribution in [0.2, 0.25) is 0 Å². The minimum absolute atomic E-state index is 0.0485. The van der Waals surface area contributed by atoms with Gasteiger partial charge in [-0.1, -0.05) is 0 Å².